The third kappa shape index (κ3) is 2.04. The van der Waals surface area contributed by atoms with Crippen molar-refractivity contribution in [1.82, 2.24) is 5.32 Å². The van der Waals surface area contributed by atoms with Crippen LogP contribution >= 0.6 is 0 Å². The van der Waals surface area contributed by atoms with E-state index in [1.54, 1.807) is 0 Å². The highest BCUT2D eigenvalue weighted by atomic mass is 15.1. The molecule has 3 heteroatoms. The van der Waals surface area contributed by atoms with E-state index in [1.165, 1.54) is 38.5 Å². The van der Waals surface area contributed by atoms with Gasteiger partial charge in [0.05, 0.1) is 6.04 Å². The minimum atomic E-state index is 0.512. The van der Waals surface area contributed by atoms with Crippen LogP contribution in [0.2, 0.25) is 0 Å². The van der Waals surface area contributed by atoms with Crippen LogP contribution in [-0.4, -0.2) is 18.0 Å². The highest BCUT2D eigenvalue weighted by Crippen LogP contribution is 2.49. The smallest absolute Gasteiger partial charge is 0.189 e. The molecule has 3 nitrogen and oxygen atoms in total. The van der Waals surface area contributed by atoms with E-state index in [4.69, 9.17) is 5.73 Å². The van der Waals surface area contributed by atoms with Crippen LogP contribution in [0.1, 0.15) is 45.4 Å². The standard InChI is InChI=1S/C13H23N3/c1-8(15-13(14)16-11-4-5-11)12-7-9-2-3-10(12)6-9/h8-12H,2-7H2,1H3,(H3,14,15,16). The van der Waals surface area contributed by atoms with Crippen LogP contribution in [0.5, 0.6) is 0 Å². The molecule has 0 spiro atoms. The Bertz CT molecular complexity index is 296. The number of hydrogen-bond donors (Lipinski definition) is 2. The normalized spacial score (nSPS) is 40.1. The topological polar surface area (TPSA) is 50.4 Å². The molecular weight excluding hydrogens is 198 g/mol. The summed E-state index contributed by atoms with van der Waals surface area (Å²) < 4.78 is 0. The van der Waals surface area contributed by atoms with Crippen LogP contribution < -0.4 is 11.1 Å². The van der Waals surface area contributed by atoms with E-state index in [2.05, 4.69) is 17.2 Å². The molecule has 3 saturated carbocycles. The molecule has 0 heterocycles. The zero-order valence-corrected chi connectivity index (χ0v) is 10.2. The average molecular weight is 221 g/mol. The van der Waals surface area contributed by atoms with E-state index >= 15 is 0 Å². The lowest BCUT2D eigenvalue weighted by Gasteiger charge is -2.28. The van der Waals surface area contributed by atoms with E-state index in [1.807, 2.05) is 0 Å². The maximum absolute atomic E-state index is 5.92. The molecule has 3 rings (SSSR count). The summed E-state index contributed by atoms with van der Waals surface area (Å²) in [6, 6.07) is 1.04. The Kier molecular flexibility index (Phi) is 2.56. The Balaban J connectivity index is 1.54. The van der Waals surface area contributed by atoms with Crippen molar-refractivity contribution < 1.29 is 0 Å². The summed E-state index contributed by atoms with van der Waals surface area (Å²) in [7, 11) is 0. The zero-order chi connectivity index (χ0) is 11.1. The quantitative estimate of drug-likeness (QED) is 0.564. The van der Waals surface area contributed by atoms with Crippen molar-refractivity contribution in [2.45, 2.75) is 57.5 Å². The third-order valence-corrected chi connectivity index (χ3v) is 4.68. The second kappa shape index (κ2) is 3.94. The lowest BCUT2D eigenvalue weighted by atomic mass is 9.84. The first-order valence-electron chi connectivity index (χ1n) is 6.82. The van der Waals surface area contributed by atoms with Crippen LogP contribution in [0, 0.1) is 17.8 Å². The Morgan fingerprint density at radius 2 is 2.06 bits per heavy atom. The van der Waals surface area contributed by atoms with Crippen molar-refractivity contribution in [2.75, 3.05) is 0 Å². The van der Waals surface area contributed by atoms with Crippen LogP contribution in [0.3, 0.4) is 0 Å². The lowest BCUT2D eigenvalue weighted by molar-refractivity contribution is 0.278. The zero-order valence-electron chi connectivity index (χ0n) is 10.2. The molecule has 0 amide bonds. The summed E-state index contributed by atoms with van der Waals surface area (Å²) >= 11 is 0. The van der Waals surface area contributed by atoms with Gasteiger partial charge in [-0.3, -0.25) is 4.99 Å². The van der Waals surface area contributed by atoms with Gasteiger partial charge in [0, 0.05) is 6.04 Å². The Morgan fingerprint density at radius 1 is 1.25 bits per heavy atom. The van der Waals surface area contributed by atoms with Crippen LogP contribution in [0.25, 0.3) is 0 Å². The molecule has 4 atom stereocenters. The average Bonchev–Trinajstić information content (AvgIpc) is 2.81. The molecule has 3 N–H and O–H groups in total. The highest BCUT2D eigenvalue weighted by Gasteiger charge is 2.41. The van der Waals surface area contributed by atoms with E-state index < -0.39 is 0 Å². The largest absolute Gasteiger partial charge is 0.370 e. The van der Waals surface area contributed by atoms with Gasteiger partial charge in [0.1, 0.15) is 0 Å². The molecule has 16 heavy (non-hydrogen) atoms. The van der Waals surface area contributed by atoms with Crippen LogP contribution in [-0.2, 0) is 0 Å². The third-order valence-electron chi connectivity index (χ3n) is 4.68. The number of fused-ring (bicyclic) bond motifs is 2. The summed E-state index contributed by atoms with van der Waals surface area (Å²) in [6.07, 6.45) is 8.25. The van der Waals surface area contributed by atoms with Gasteiger partial charge in [0.2, 0.25) is 0 Å². The Morgan fingerprint density at radius 3 is 2.62 bits per heavy atom. The van der Waals surface area contributed by atoms with E-state index in [9.17, 15) is 0 Å². The van der Waals surface area contributed by atoms with Gasteiger partial charge in [-0.25, -0.2) is 0 Å². The molecule has 3 fully saturated rings. The lowest BCUT2D eigenvalue weighted by Crippen LogP contribution is -2.44. The molecule has 0 radical (unpaired) electrons. The molecule has 3 aliphatic rings. The molecular formula is C13H23N3. The molecule has 4 unspecified atom stereocenters. The summed E-state index contributed by atoms with van der Waals surface area (Å²) in [4.78, 5) is 4.45. The second-order valence-electron chi connectivity index (χ2n) is 6.02. The Hall–Kier alpha value is -0.730. The molecule has 0 aromatic carbocycles. The van der Waals surface area contributed by atoms with Gasteiger partial charge in [-0.2, -0.15) is 0 Å². The fraction of sp³-hybridized carbons (Fsp3) is 0.923. The van der Waals surface area contributed by atoms with Crippen molar-refractivity contribution in [3.8, 4) is 0 Å². The predicted molar refractivity (Wildman–Crippen MR) is 66.2 cm³/mol. The van der Waals surface area contributed by atoms with Gasteiger partial charge in [-0.05, 0) is 56.8 Å². The van der Waals surface area contributed by atoms with E-state index in [-0.39, 0.29) is 0 Å². The summed E-state index contributed by atoms with van der Waals surface area (Å²) in [5, 5.41) is 3.41. The summed E-state index contributed by atoms with van der Waals surface area (Å²) in [6.45, 7) is 2.28. The van der Waals surface area contributed by atoms with Crippen LogP contribution in [0.15, 0.2) is 4.99 Å². The van der Waals surface area contributed by atoms with Crippen molar-refractivity contribution in [3.63, 3.8) is 0 Å². The maximum Gasteiger partial charge on any atom is 0.189 e. The van der Waals surface area contributed by atoms with Gasteiger partial charge in [-0.15, -0.1) is 0 Å². The highest BCUT2D eigenvalue weighted by molar-refractivity contribution is 5.78. The minimum Gasteiger partial charge on any atom is -0.370 e. The molecule has 0 saturated heterocycles. The van der Waals surface area contributed by atoms with Gasteiger partial charge in [-0.1, -0.05) is 6.42 Å². The van der Waals surface area contributed by atoms with Crippen molar-refractivity contribution in [1.29, 1.82) is 0 Å². The van der Waals surface area contributed by atoms with Crippen molar-refractivity contribution in [3.05, 3.63) is 0 Å². The van der Waals surface area contributed by atoms with Gasteiger partial charge in [0.15, 0.2) is 5.96 Å². The number of rotatable bonds is 3. The fourth-order valence-electron chi connectivity index (χ4n) is 3.68. The number of nitrogens with zero attached hydrogens (tertiary/aromatic N) is 1. The second-order valence-corrected chi connectivity index (χ2v) is 6.02. The first-order chi connectivity index (χ1) is 7.72. The molecule has 0 aromatic heterocycles. The van der Waals surface area contributed by atoms with E-state index in [0.717, 1.165) is 17.8 Å². The first-order valence-corrected chi connectivity index (χ1v) is 6.82. The van der Waals surface area contributed by atoms with Crippen LogP contribution in [0.4, 0.5) is 0 Å². The number of hydrogen-bond acceptors (Lipinski definition) is 1. The number of nitrogens with two attached hydrogens (primary N) is 1. The first kappa shape index (κ1) is 10.4. The molecule has 90 valence electrons. The van der Waals surface area contributed by atoms with Gasteiger partial charge < -0.3 is 11.1 Å². The molecule has 0 aromatic rings. The minimum absolute atomic E-state index is 0.512. The molecule has 2 bridgehead atoms. The fourth-order valence-corrected chi connectivity index (χ4v) is 3.68. The van der Waals surface area contributed by atoms with E-state index in [0.29, 0.717) is 18.0 Å². The SMILES string of the molecule is CC(NC(N)=NC1CC1)C1CC2CCC1C2. The van der Waals surface area contributed by atoms with Gasteiger partial charge >= 0.3 is 0 Å². The summed E-state index contributed by atoms with van der Waals surface area (Å²) in [5.74, 6) is 3.49. The van der Waals surface area contributed by atoms with Crippen molar-refractivity contribution in [2.24, 2.45) is 28.5 Å². The number of nitrogens with one attached hydrogen (secondary N) is 1. The Labute approximate surface area is 97.9 Å². The van der Waals surface area contributed by atoms with Crippen molar-refractivity contribution >= 4 is 5.96 Å². The summed E-state index contributed by atoms with van der Waals surface area (Å²) in [5.41, 5.74) is 5.92. The maximum atomic E-state index is 5.92. The predicted octanol–water partition coefficient (Wildman–Crippen LogP) is 1.88. The molecule has 0 aliphatic heterocycles. The number of aliphatic imine (C=N–C) groups is 1. The monoisotopic (exact) mass is 221 g/mol. The molecule has 3 aliphatic carbocycles. The van der Waals surface area contributed by atoms with Gasteiger partial charge in [0.25, 0.3) is 0 Å². The number of guanidine groups is 1.